The molecule has 14 heavy (non-hydrogen) atoms. The Morgan fingerprint density at radius 1 is 1.36 bits per heavy atom. The predicted octanol–water partition coefficient (Wildman–Crippen LogP) is 1.46. The molecular weight excluding hydrogens is 176 g/mol. The van der Waals surface area contributed by atoms with Crippen LogP contribution in [0, 0.1) is 0 Å². The molecule has 1 amide bonds. The van der Waals surface area contributed by atoms with Crippen LogP contribution >= 0.6 is 0 Å². The summed E-state index contributed by atoms with van der Waals surface area (Å²) in [7, 11) is 0. The first-order valence-electron chi connectivity index (χ1n) is 4.97. The zero-order valence-corrected chi connectivity index (χ0v) is 9.74. The van der Waals surface area contributed by atoms with Crippen molar-refractivity contribution in [2.75, 3.05) is 13.1 Å². The van der Waals surface area contributed by atoms with Crippen molar-refractivity contribution in [2.24, 2.45) is 0 Å². The zero-order chi connectivity index (χ0) is 11.2. The third-order valence-corrected chi connectivity index (χ3v) is 1.47. The maximum absolute atomic E-state index is 11.3. The molecule has 0 aromatic heterocycles. The standard InChI is InChI=1S/C11H22N2O/c1-9(2)8-12-7-6-10(14)13-11(3,4)5/h12H,1,6-8H2,2-5H3,(H,13,14). The summed E-state index contributed by atoms with van der Waals surface area (Å²) in [5.74, 6) is 0.0896. The summed E-state index contributed by atoms with van der Waals surface area (Å²) in [4.78, 5) is 11.3. The fourth-order valence-electron chi connectivity index (χ4n) is 0.984. The second-order valence-corrected chi connectivity index (χ2v) is 4.68. The first kappa shape index (κ1) is 13.2. The van der Waals surface area contributed by atoms with Crippen LogP contribution in [0.2, 0.25) is 0 Å². The summed E-state index contributed by atoms with van der Waals surface area (Å²) in [5, 5.41) is 6.05. The minimum atomic E-state index is -0.133. The van der Waals surface area contributed by atoms with Crippen LogP contribution in [0.3, 0.4) is 0 Å². The first-order chi connectivity index (χ1) is 6.31. The van der Waals surface area contributed by atoms with Gasteiger partial charge in [-0.25, -0.2) is 0 Å². The maximum Gasteiger partial charge on any atom is 0.221 e. The highest BCUT2D eigenvalue weighted by atomic mass is 16.1. The molecule has 3 heteroatoms. The molecule has 0 aromatic carbocycles. The molecule has 0 fully saturated rings. The van der Waals surface area contributed by atoms with Gasteiger partial charge >= 0.3 is 0 Å². The lowest BCUT2D eigenvalue weighted by molar-refractivity contribution is -0.122. The molecule has 0 aliphatic rings. The van der Waals surface area contributed by atoms with Crippen molar-refractivity contribution in [1.29, 1.82) is 0 Å². The van der Waals surface area contributed by atoms with Gasteiger partial charge in [-0.1, -0.05) is 12.2 Å². The average molecular weight is 198 g/mol. The molecule has 0 saturated carbocycles. The molecule has 3 nitrogen and oxygen atoms in total. The van der Waals surface area contributed by atoms with Gasteiger partial charge in [-0.15, -0.1) is 0 Å². The van der Waals surface area contributed by atoms with Gasteiger partial charge in [-0.3, -0.25) is 4.79 Å². The number of hydrogen-bond acceptors (Lipinski definition) is 2. The Hall–Kier alpha value is -0.830. The number of carbonyl (C=O) groups is 1. The average Bonchev–Trinajstić information content (AvgIpc) is 1.94. The topological polar surface area (TPSA) is 41.1 Å². The Balaban J connectivity index is 3.50. The van der Waals surface area contributed by atoms with Gasteiger partial charge in [0, 0.05) is 25.0 Å². The van der Waals surface area contributed by atoms with Crippen molar-refractivity contribution < 1.29 is 4.79 Å². The quantitative estimate of drug-likeness (QED) is 0.518. The van der Waals surface area contributed by atoms with Crippen LogP contribution in [0.15, 0.2) is 12.2 Å². The highest BCUT2D eigenvalue weighted by molar-refractivity contribution is 5.76. The molecule has 0 saturated heterocycles. The van der Waals surface area contributed by atoms with Gasteiger partial charge in [-0.2, -0.15) is 0 Å². The lowest BCUT2D eigenvalue weighted by atomic mass is 10.1. The van der Waals surface area contributed by atoms with E-state index in [9.17, 15) is 4.79 Å². The molecule has 0 radical (unpaired) electrons. The molecule has 0 unspecified atom stereocenters. The van der Waals surface area contributed by atoms with Gasteiger partial charge in [0.25, 0.3) is 0 Å². The number of hydrogen-bond donors (Lipinski definition) is 2. The van der Waals surface area contributed by atoms with E-state index in [1.54, 1.807) is 0 Å². The number of rotatable bonds is 5. The molecular formula is C11H22N2O. The Labute approximate surface area is 87.0 Å². The van der Waals surface area contributed by atoms with E-state index in [-0.39, 0.29) is 11.4 Å². The smallest absolute Gasteiger partial charge is 0.221 e. The van der Waals surface area contributed by atoms with Crippen LogP contribution in [0.1, 0.15) is 34.1 Å². The van der Waals surface area contributed by atoms with E-state index in [0.717, 1.165) is 12.1 Å². The SMILES string of the molecule is C=C(C)CNCCC(=O)NC(C)(C)C. The van der Waals surface area contributed by atoms with Crippen LogP contribution in [0.25, 0.3) is 0 Å². The third kappa shape index (κ3) is 9.26. The van der Waals surface area contributed by atoms with E-state index >= 15 is 0 Å². The van der Waals surface area contributed by atoms with Gasteiger partial charge in [0.05, 0.1) is 0 Å². The highest BCUT2D eigenvalue weighted by Crippen LogP contribution is 1.98. The first-order valence-corrected chi connectivity index (χ1v) is 4.97. The van der Waals surface area contributed by atoms with E-state index in [2.05, 4.69) is 17.2 Å². The summed E-state index contributed by atoms with van der Waals surface area (Å²) in [6, 6.07) is 0. The van der Waals surface area contributed by atoms with Crippen LogP contribution in [-0.2, 0) is 4.79 Å². The van der Waals surface area contributed by atoms with Crippen LogP contribution < -0.4 is 10.6 Å². The largest absolute Gasteiger partial charge is 0.351 e. The summed E-state index contributed by atoms with van der Waals surface area (Å²) in [6.07, 6.45) is 0.518. The lowest BCUT2D eigenvalue weighted by Gasteiger charge is -2.20. The van der Waals surface area contributed by atoms with Crippen molar-refractivity contribution in [2.45, 2.75) is 39.7 Å². The molecule has 0 rings (SSSR count). The predicted molar refractivity (Wildman–Crippen MR) is 60.2 cm³/mol. The normalized spacial score (nSPS) is 11.1. The Bertz CT molecular complexity index is 204. The minimum Gasteiger partial charge on any atom is -0.351 e. The Morgan fingerprint density at radius 3 is 2.36 bits per heavy atom. The van der Waals surface area contributed by atoms with E-state index in [1.807, 2.05) is 27.7 Å². The zero-order valence-electron chi connectivity index (χ0n) is 9.74. The molecule has 0 bridgehead atoms. The van der Waals surface area contributed by atoms with Gasteiger partial charge in [-0.05, 0) is 27.7 Å². The fourth-order valence-corrected chi connectivity index (χ4v) is 0.984. The summed E-state index contributed by atoms with van der Waals surface area (Å²) in [5.41, 5.74) is 0.951. The monoisotopic (exact) mass is 198 g/mol. The van der Waals surface area contributed by atoms with Crippen molar-refractivity contribution in [3.63, 3.8) is 0 Å². The van der Waals surface area contributed by atoms with Crippen molar-refractivity contribution in [3.05, 3.63) is 12.2 Å². The highest BCUT2D eigenvalue weighted by Gasteiger charge is 2.12. The summed E-state index contributed by atoms with van der Waals surface area (Å²) >= 11 is 0. The Morgan fingerprint density at radius 2 is 1.93 bits per heavy atom. The molecule has 82 valence electrons. The Kier molecular flexibility index (Phi) is 5.46. The van der Waals surface area contributed by atoms with Gasteiger partial charge in [0.1, 0.15) is 0 Å². The molecule has 0 atom stereocenters. The molecule has 0 heterocycles. The van der Waals surface area contributed by atoms with Crippen LogP contribution in [0.5, 0.6) is 0 Å². The number of carbonyl (C=O) groups excluding carboxylic acids is 1. The number of amides is 1. The van der Waals surface area contributed by atoms with Crippen molar-refractivity contribution in [3.8, 4) is 0 Å². The molecule has 0 aliphatic heterocycles. The van der Waals surface area contributed by atoms with Gasteiger partial charge in [0.15, 0.2) is 0 Å². The lowest BCUT2D eigenvalue weighted by Crippen LogP contribution is -2.41. The minimum absolute atomic E-state index is 0.0896. The van der Waals surface area contributed by atoms with Crippen LogP contribution in [0.4, 0.5) is 0 Å². The second-order valence-electron chi connectivity index (χ2n) is 4.68. The number of nitrogens with one attached hydrogen (secondary N) is 2. The molecule has 0 spiro atoms. The van der Waals surface area contributed by atoms with E-state index in [4.69, 9.17) is 0 Å². The summed E-state index contributed by atoms with van der Waals surface area (Å²) < 4.78 is 0. The molecule has 0 aliphatic carbocycles. The molecule has 2 N–H and O–H groups in total. The molecule has 0 aromatic rings. The maximum atomic E-state index is 11.3. The van der Waals surface area contributed by atoms with Crippen molar-refractivity contribution >= 4 is 5.91 Å². The van der Waals surface area contributed by atoms with Crippen LogP contribution in [-0.4, -0.2) is 24.5 Å². The van der Waals surface area contributed by atoms with E-state index in [0.29, 0.717) is 13.0 Å². The third-order valence-electron chi connectivity index (χ3n) is 1.47. The van der Waals surface area contributed by atoms with Gasteiger partial charge in [0.2, 0.25) is 5.91 Å². The van der Waals surface area contributed by atoms with E-state index in [1.165, 1.54) is 0 Å². The van der Waals surface area contributed by atoms with Crippen molar-refractivity contribution in [1.82, 2.24) is 10.6 Å². The fraction of sp³-hybridized carbons (Fsp3) is 0.727. The second kappa shape index (κ2) is 5.81. The summed E-state index contributed by atoms with van der Waals surface area (Å²) in [6.45, 7) is 13.1. The van der Waals surface area contributed by atoms with E-state index < -0.39 is 0 Å². The van der Waals surface area contributed by atoms with Gasteiger partial charge < -0.3 is 10.6 Å².